The molecule has 98 valence electrons. The molecule has 0 aromatic heterocycles. The van der Waals surface area contributed by atoms with Gasteiger partial charge < -0.3 is 14.8 Å². The van der Waals surface area contributed by atoms with Crippen LogP contribution < -0.4 is 5.32 Å². The van der Waals surface area contributed by atoms with Crippen LogP contribution in [0.1, 0.15) is 45.4 Å². The zero-order valence-corrected chi connectivity index (χ0v) is 11.3. The molecule has 0 radical (unpaired) electrons. The summed E-state index contributed by atoms with van der Waals surface area (Å²) in [5.41, 5.74) is 0. The number of hydrogen-bond acceptors (Lipinski definition) is 3. The predicted molar refractivity (Wildman–Crippen MR) is 68.9 cm³/mol. The summed E-state index contributed by atoms with van der Waals surface area (Å²) >= 11 is 0. The average Bonchev–Trinajstić information content (AvgIpc) is 2.31. The lowest BCUT2D eigenvalue weighted by Crippen LogP contribution is -2.32. The highest BCUT2D eigenvalue weighted by molar-refractivity contribution is 4.60. The standard InChI is InChI=1S/C13H29NO2/c1-4-5-6-7-8-9-10-14-11-13(16-3)12-15-2/h13-14H,4-12H2,1-3H3. The van der Waals surface area contributed by atoms with Crippen LogP contribution in [0.15, 0.2) is 0 Å². The van der Waals surface area contributed by atoms with Gasteiger partial charge in [0.1, 0.15) is 0 Å². The first kappa shape index (κ1) is 15.9. The summed E-state index contributed by atoms with van der Waals surface area (Å²) in [5.74, 6) is 0. The van der Waals surface area contributed by atoms with Gasteiger partial charge in [0.05, 0.1) is 12.7 Å². The zero-order chi connectivity index (χ0) is 12.1. The Balaban J connectivity index is 3.12. The molecule has 0 bridgehead atoms. The van der Waals surface area contributed by atoms with E-state index in [0.29, 0.717) is 6.61 Å². The molecule has 0 fully saturated rings. The van der Waals surface area contributed by atoms with Gasteiger partial charge in [-0.05, 0) is 13.0 Å². The van der Waals surface area contributed by atoms with Gasteiger partial charge in [-0.25, -0.2) is 0 Å². The molecule has 16 heavy (non-hydrogen) atoms. The van der Waals surface area contributed by atoms with Gasteiger partial charge in [-0.1, -0.05) is 39.0 Å². The van der Waals surface area contributed by atoms with Crippen molar-refractivity contribution in [1.29, 1.82) is 0 Å². The average molecular weight is 231 g/mol. The number of ether oxygens (including phenoxy) is 2. The lowest BCUT2D eigenvalue weighted by molar-refractivity contribution is 0.0290. The fourth-order valence-corrected chi connectivity index (χ4v) is 1.69. The van der Waals surface area contributed by atoms with Gasteiger partial charge in [0, 0.05) is 20.8 Å². The molecule has 1 atom stereocenters. The number of rotatable bonds is 12. The monoisotopic (exact) mass is 231 g/mol. The number of methoxy groups -OCH3 is 2. The molecule has 3 heteroatoms. The third-order valence-corrected chi connectivity index (χ3v) is 2.77. The van der Waals surface area contributed by atoms with Crippen molar-refractivity contribution in [2.45, 2.75) is 51.6 Å². The molecule has 0 heterocycles. The summed E-state index contributed by atoms with van der Waals surface area (Å²) in [6.45, 7) is 4.90. The Morgan fingerprint density at radius 2 is 1.69 bits per heavy atom. The topological polar surface area (TPSA) is 30.5 Å². The van der Waals surface area contributed by atoms with Gasteiger partial charge in [-0.2, -0.15) is 0 Å². The highest BCUT2D eigenvalue weighted by Gasteiger charge is 2.04. The molecule has 0 aliphatic rings. The largest absolute Gasteiger partial charge is 0.382 e. The van der Waals surface area contributed by atoms with Gasteiger partial charge in [0.2, 0.25) is 0 Å². The molecular weight excluding hydrogens is 202 g/mol. The first-order valence-corrected chi connectivity index (χ1v) is 6.57. The maximum absolute atomic E-state index is 5.26. The first-order valence-electron chi connectivity index (χ1n) is 6.57. The minimum absolute atomic E-state index is 0.185. The molecule has 0 aromatic rings. The van der Waals surface area contributed by atoms with Crippen molar-refractivity contribution in [3.63, 3.8) is 0 Å². The molecule has 0 spiro atoms. The first-order chi connectivity index (χ1) is 7.85. The molecule has 0 saturated carbocycles. The summed E-state index contributed by atoms with van der Waals surface area (Å²) < 4.78 is 10.3. The Labute approximate surface area is 101 Å². The van der Waals surface area contributed by atoms with Crippen molar-refractivity contribution in [1.82, 2.24) is 5.32 Å². The predicted octanol–water partition coefficient (Wildman–Crippen LogP) is 2.60. The fourth-order valence-electron chi connectivity index (χ4n) is 1.69. The summed E-state index contributed by atoms with van der Waals surface area (Å²) in [4.78, 5) is 0. The van der Waals surface area contributed by atoms with E-state index in [1.165, 1.54) is 38.5 Å². The van der Waals surface area contributed by atoms with Crippen LogP contribution in [-0.2, 0) is 9.47 Å². The molecule has 0 rings (SSSR count). The van der Waals surface area contributed by atoms with Crippen LogP contribution in [0.5, 0.6) is 0 Å². The van der Waals surface area contributed by atoms with E-state index in [0.717, 1.165) is 13.1 Å². The van der Waals surface area contributed by atoms with Gasteiger partial charge in [0.25, 0.3) is 0 Å². The van der Waals surface area contributed by atoms with Crippen LogP contribution in [0.4, 0.5) is 0 Å². The van der Waals surface area contributed by atoms with Gasteiger partial charge in [-0.15, -0.1) is 0 Å². The van der Waals surface area contributed by atoms with E-state index in [1.807, 2.05) is 0 Å². The van der Waals surface area contributed by atoms with E-state index in [2.05, 4.69) is 12.2 Å². The highest BCUT2D eigenvalue weighted by atomic mass is 16.5. The van der Waals surface area contributed by atoms with Crippen LogP contribution in [0.2, 0.25) is 0 Å². The summed E-state index contributed by atoms with van der Waals surface area (Å²) in [6.07, 6.45) is 8.27. The van der Waals surface area contributed by atoms with Gasteiger partial charge in [0.15, 0.2) is 0 Å². The lowest BCUT2D eigenvalue weighted by Gasteiger charge is -2.14. The third-order valence-electron chi connectivity index (χ3n) is 2.77. The van der Waals surface area contributed by atoms with Crippen LogP contribution in [0, 0.1) is 0 Å². The highest BCUT2D eigenvalue weighted by Crippen LogP contribution is 2.04. The second-order valence-corrected chi connectivity index (χ2v) is 4.28. The van der Waals surface area contributed by atoms with E-state index in [4.69, 9.17) is 9.47 Å². The van der Waals surface area contributed by atoms with E-state index in [-0.39, 0.29) is 6.10 Å². The fraction of sp³-hybridized carbons (Fsp3) is 1.00. The zero-order valence-electron chi connectivity index (χ0n) is 11.3. The lowest BCUT2D eigenvalue weighted by atomic mass is 10.1. The van der Waals surface area contributed by atoms with Crippen molar-refractivity contribution in [2.75, 3.05) is 33.9 Å². The van der Waals surface area contributed by atoms with Crippen molar-refractivity contribution in [3.8, 4) is 0 Å². The second kappa shape index (κ2) is 12.9. The summed E-state index contributed by atoms with van der Waals surface area (Å²) in [6, 6.07) is 0. The van der Waals surface area contributed by atoms with E-state index in [1.54, 1.807) is 14.2 Å². The van der Waals surface area contributed by atoms with E-state index in [9.17, 15) is 0 Å². The van der Waals surface area contributed by atoms with Crippen molar-refractivity contribution in [2.24, 2.45) is 0 Å². The van der Waals surface area contributed by atoms with Gasteiger partial charge in [-0.3, -0.25) is 0 Å². The summed E-state index contributed by atoms with van der Waals surface area (Å²) in [5, 5.41) is 3.41. The quantitative estimate of drug-likeness (QED) is 0.524. The van der Waals surface area contributed by atoms with Crippen molar-refractivity contribution < 1.29 is 9.47 Å². The molecule has 0 aromatic carbocycles. The number of unbranched alkanes of at least 4 members (excludes halogenated alkanes) is 5. The van der Waals surface area contributed by atoms with Crippen LogP contribution in [-0.4, -0.2) is 40.0 Å². The molecule has 1 unspecified atom stereocenters. The second-order valence-electron chi connectivity index (χ2n) is 4.28. The SMILES string of the molecule is CCCCCCCCNCC(COC)OC. The van der Waals surface area contributed by atoms with Crippen molar-refractivity contribution >= 4 is 0 Å². The van der Waals surface area contributed by atoms with Crippen LogP contribution in [0.25, 0.3) is 0 Å². The molecule has 0 aliphatic carbocycles. The van der Waals surface area contributed by atoms with E-state index < -0.39 is 0 Å². The Morgan fingerprint density at radius 1 is 1.00 bits per heavy atom. The molecule has 0 amide bonds. The third kappa shape index (κ3) is 10.4. The number of hydrogen-bond donors (Lipinski definition) is 1. The molecule has 0 aliphatic heterocycles. The molecule has 0 saturated heterocycles. The Hall–Kier alpha value is -0.120. The Kier molecular flexibility index (Phi) is 12.9. The normalized spacial score (nSPS) is 12.9. The Morgan fingerprint density at radius 3 is 2.31 bits per heavy atom. The minimum Gasteiger partial charge on any atom is -0.382 e. The molecular formula is C13H29NO2. The maximum atomic E-state index is 5.26. The maximum Gasteiger partial charge on any atom is 0.0928 e. The molecule has 3 nitrogen and oxygen atoms in total. The van der Waals surface area contributed by atoms with E-state index >= 15 is 0 Å². The van der Waals surface area contributed by atoms with Crippen molar-refractivity contribution in [3.05, 3.63) is 0 Å². The minimum atomic E-state index is 0.185. The van der Waals surface area contributed by atoms with Gasteiger partial charge >= 0.3 is 0 Å². The van der Waals surface area contributed by atoms with Crippen LogP contribution in [0.3, 0.4) is 0 Å². The smallest absolute Gasteiger partial charge is 0.0928 e. The van der Waals surface area contributed by atoms with Crippen LogP contribution >= 0.6 is 0 Å². The number of nitrogens with one attached hydrogen (secondary N) is 1. The summed E-state index contributed by atoms with van der Waals surface area (Å²) in [7, 11) is 3.44. The molecule has 1 N–H and O–H groups in total. The Bertz CT molecular complexity index is 131.